The van der Waals surface area contributed by atoms with Crippen molar-refractivity contribution in [1.29, 1.82) is 0 Å². The minimum Gasteiger partial charge on any atom is -0.476 e. The van der Waals surface area contributed by atoms with Crippen LogP contribution in [-0.2, 0) is 13.1 Å². The van der Waals surface area contributed by atoms with Crippen LogP contribution in [0.1, 0.15) is 34.1 Å². The van der Waals surface area contributed by atoms with Crippen molar-refractivity contribution in [2.24, 2.45) is 0 Å². The van der Waals surface area contributed by atoms with E-state index in [9.17, 15) is 0 Å². The van der Waals surface area contributed by atoms with Gasteiger partial charge in [0, 0.05) is 25.0 Å². The number of hydrogen-bond acceptors (Lipinski definition) is 5. The van der Waals surface area contributed by atoms with E-state index in [2.05, 4.69) is 40.6 Å². The Hall–Kier alpha value is -1.50. The third-order valence-corrected chi connectivity index (χ3v) is 4.21. The molecule has 7 heteroatoms. The van der Waals surface area contributed by atoms with E-state index in [1.165, 1.54) is 0 Å². The molecule has 0 aliphatic carbocycles. The molecule has 0 atom stereocenters. The van der Waals surface area contributed by atoms with Crippen molar-refractivity contribution in [3.63, 3.8) is 0 Å². The molecule has 0 aliphatic rings. The van der Waals surface area contributed by atoms with Gasteiger partial charge in [0.05, 0.1) is 6.61 Å². The van der Waals surface area contributed by atoms with Crippen LogP contribution in [-0.4, -0.2) is 36.9 Å². The second kappa shape index (κ2) is 7.49. The van der Waals surface area contributed by atoms with Crippen molar-refractivity contribution in [2.45, 2.75) is 52.4 Å². The first-order valence-electron chi connectivity index (χ1n) is 7.51. The molecule has 0 saturated heterocycles. The molecule has 6 nitrogen and oxygen atoms in total. The van der Waals surface area contributed by atoms with Crippen molar-refractivity contribution in [3.8, 4) is 17.3 Å². The first-order valence-corrected chi connectivity index (χ1v) is 8.50. The van der Waals surface area contributed by atoms with Crippen molar-refractivity contribution in [3.05, 3.63) is 6.20 Å². The molecule has 0 spiro atoms. The first kappa shape index (κ1) is 15.9. The highest BCUT2D eigenvalue weighted by Gasteiger charge is 2.19. The number of thioether (sulfide) groups is 1. The van der Waals surface area contributed by atoms with E-state index >= 15 is 0 Å². The van der Waals surface area contributed by atoms with E-state index in [-0.39, 0.29) is 0 Å². The van der Waals surface area contributed by atoms with Crippen molar-refractivity contribution < 1.29 is 4.74 Å². The lowest BCUT2D eigenvalue weighted by Crippen LogP contribution is -2.01. The number of aryl methyl sites for hydroxylation is 1. The Morgan fingerprint density at radius 3 is 2.57 bits per heavy atom. The number of aromatic nitrogens is 5. The first-order chi connectivity index (χ1) is 10.2. The molecule has 2 aromatic heterocycles. The molecule has 0 amide bonds. The quantitative estimate of drug-likeness (QED) is 0.701. The molecule has 0 saturated carbocycles. The molecule has 21 heavy (non-hydrogen) atoms. The predicted octanol–water partition coefficient (Wildman–Crippen LogP) is 3.08. The Balaban J connectivity index is 2.40. The number of hydrogen-bond donors (Lipinski definition) is 0. The van der Waals surface area contributed by atoms with Crippen LogP contribution in [0.15, 0.2) is 11.4 Å². The van der Waals surface area contributed by atoms with Gasteiger partial charge in [-0.15, -0.1) is 15.3 Å². The van der Waals surface area contributed by atoms with E-state index in [1.54, 1.807) is 11.8 Å². The van der Waals surface area contributed by atoms with Crippen LogP contribution in [0.2, 0.25) is 0 Å². The summed E-state index contributed by atoms with van der Waals surface area (Å²) >= 11 is 1.74. The van der Waals surface area contributed by atoms with E-state index < -0.39 is 0 Å². The zero-order valence-corrected chi connectivity index (χ0v) is 14.0. The van der Waals surface area contributed by atoms with Crippen LogP contribution in [0.4, 0.5) is 0 Å². The fraction of sp³-hybridized carbons (Fsp3) is 0.643. The molecule has 0 fully saturated rings. The predicted molar refractivity (Wildman–Crippen MR) is 84.8 cm³/mol. The SMILES string of the molecule is CCCSc1nnc(-c2cn(CC)nc2OCC)n1CC. The molecule has 0 aromatic carbocycles. The minimum atomic E-state index is 0.589. The van der Waals surface area contributed by atoms with Gasteiger partial charge in [0.1, 0.15) is 5.56 Å². The van der Waals surface area contributed by atoms with Gasteiger partial charge in [-0.25, -0.2) is 0 Å². The second-order valence-corrected chi connectivity index (χ2v) is 5.60. The van der Waals surface area contributed by atoms with Crippen LogP contribution in [0, 0.1) is 0 Å². The fourth-order valence-corrected chi connectivity index (χ4v) is 2.89. The second-order valence-electron chi connectivity index (χ2n) is 4.54. The lowest BCUT2D eigenvalue weighted by atomic mass is 10.3. The summed E-state index contributed by atoms with van der Waals surface area (Å²) in [5.41, 5.74) is 0.913. The largest absolute Gasteiger partial charge is 0.476 e. The van der Waals surface area contributed by atoms with E-state index in [0.717, 1.165) is 41.8 Å². The summed E-state index contributed by atoms with van der Waals surface area (Å²) in [7, 11) is 0. The standard InChI is InChI=1S/C14H23N5OS/c1-5-9-21-14-16-15-12(19(14)7-3)11-10-18(6-2)17-13(11)20-8-4/h10H,5-9H2,1-4H3. The Kier molecular flexibility index (Phi) is 5.67. The van der Waals surface area contributed by atoms with Crippen LogP contribution in [0.5, 0.6) is 5.88 Å². The lowest BCUT2D eigenvalue weighted by molar-refractivity contribution is 0.322. The van der Waals surface area contributed by atoms with Gasteiger partial charge < -0.3 is 9.30 Å². The summed E-state index contributed by atoms with van der Waals surface area (Å²) < 4.78 is 9.64. The van der Waals surface area contributed by atoms with Crippen molar-refractivity contribution >= 4 is 11.8 Å². The number of rotatable bonds is 8. The summed E-state index contributed by atoms with van der Waals surface area (Å²) in [4.78, 5) is 0. The van der Waals surface area contributed by atoms with Gasteiger partial charge in [0.25, 0.3) is 0 Å². The van der Waals surface area contributed by atoms with Crippen LogP contribution >= 0.6 is 11.8 Å². The zero-order chi connectivity index (χ0) is 15.2. The summed E-state index contributed by atoms with van der Waals surface area (Å²) in [5.74, 6) is 2.51. The summed E-state index contributed by atoms with van der Waals surface area (Å²) in [6.45, 7) is 10.5. The molecule has 2 heterocycles. The van der Waals surface area contributed by atoms with Gasteiger partial charge in [-0.3, -0.25) is 4.68 Å². The maximum absolute atomic E-state index is 5.64. The van der Waals surface area contributed by atoms with Crippen LogP contribution in [0.25, 0.3) is 11.4 Å². The molecule has 116 valence electrons. The Bertz CT molecular complexity index is 578. The average molecular weight is 309 g/mol. The summed E-state index contributed by atoms with van der Waals surface area (Å²) in [6.07, 6.45) is 3.10. The summed E-state index contributed by atoms with van der Waals surface area (Å²) in [6, 6.07) is 0. The maximum Gasteiger partial charge on any atom is 0.243 e. The van der Waals surface area contributed by atoms with Crippen LogP contribution < -0.4 is 4.74 Å². The topological polar surface area (TPSA) is 57.8 Å². The van der Waals surface area contributed by atoms with Crippen molar-refractivity contribution in [2.75, 3.05) is 12.4 Å². The van der Waals surface area contributed by atoms with Crippen LogP contribution in [0.3, 0.4) is 0 Å². The highest BCUT2D eigenvalue weighted by atomic mass is 32.2. The third kappa shape index (κ3) is 3.40. The molecule has 0 unspecified atom stereocenters. The highest BCUT2D eigenvalue weighted by Crippen LogP contribution is 2.30. The van der Waals surface area contributed by atoms with Gasteiger partial charge in [-0.1, -0.05) is 18.7 Å². The van der Waals surface area contributed by atoms with Gasteiger partial charge in [0.15, 0.2) is 11.0 Å². The smallest absolute Gasteiger partial charge is 0.243 e. The molecule has 2 rings (SSSR count). The molecule has 0 aliphatic heterocycles. The number of nitrogens with zero attached hydrogens (tertiary/aromatic N) is 5. The lowest BCUT2D eigenvalue weighted by Gasteiger charge is -2.06. The normalized spacial score (nSPS) is 11.0. The van der Waals surface area contributed by atoms with Gasteiger partial charge >= 0.3 is 0 Å². The highest BCUT2D eigenvalue weighted by molar-refractivity contribution is 7.99. The Labute approximate surface area is 129 Å². The Morgan fingerprint density at radius 1 is 1.14 bits per heavy atom. The molecular weight excluding hydrogens is 286 g/mol. The molecule has 2 aromatic rings. The maximum atomic E-state index is 5.64. The van der Waals surface area contributed by atoms with Gasteiger partial charge in [-0.2, -0.15) is 0 Å². The molecule has 0 radical (unpaired) electrons. The molecular formula is C14H23N5OS. The summed E-state index contributed by atoms with van der Waals surface area (Å²) in [5, 5.41) is 14.1. The van der Waals surface area contributed by atoms with E-state index in [1.807, 2.05) is 17.8 Å². The monoisotopic (exact) mass is 309 g/mol. The fourth-order valence-electron chi connectivity index (χ4n) is 2.04. The molecule has 0 N–H and O–H groups in total. The van der Waals surface area contributed by atoms with Gasteiger partial charge in [0.2, 0.25) is 5.88 Å². The van der Waals surface area contributed by atoms with E-state index in [4.69, 9.17) is 4.74 Å². The third-order valence-electron chi connectivity index (χ3n) is 3.04. The Morgan fingerprint density at radius 2 is 1.95 bits per heavy atom. The van der Waals surface area contributed by atoms with Gasteiger partial charge in [-0.05, 0) is 27.2 Å². The molecule has 0 bridgehead atoms. The van der Waals surface area contributed by atoms with E-state index in [0.29, 0.717) is 12.5 Å². The number of ether oxygens (including phenoxy) is 1. The zero-order valence-electron chi connectivity index (χ0n) is 13.2. The van der Waals surface area contributed by atoms with Crippen molar-refractivity contribution in [1.82, 2.24) is 24.5 Å². The average Bonchev–Trinajstić information content (AvgIpc) is 3.08. The minimum absolute atomic E-state index is 0.589.